The van der Waals surface area contributed by atoms with Crippen molar-refractivity contribution < 1.29 is 14.3 Å². The molecule has 1 amide bonds. The Bertz CT molecular complexity index is 1080. The first-order valence-electron chi connectivity index (χ1n) is 10.8. The molecule has 1 fully saturated rings. The first-order valence-corrected chi connectivity index (χ1v) is 10.8. The van der Waals surface area contributed by atoms with E-state index in [0.29, 0.717) is 17.2 Å². The smallest absolute Gasteiger partial charge is 0.227 e. The fourth-order valence-electron chi connectivity index (χ4n) is 4.03. The van der Waals surface area contributed by atoms with Crippen molar-refractivity contribution in [3.05, 3.63) is 60.2 Å². The van der Waals surface area contributed by atoms with Crippen LogP contribution in [-0.4, -0.2) is 43.4 Å². The topological polar surface area (TPSA) is 76.6 Å². The fraction of sp³-hybridized carbons (Fsp3) is 0.320. The summed E-state index contributed by atoms with van der Waals surface area (Å²) in [4.78, 5) is 15.0. The minimum absolute atomic E-state index is 0.0258. The number of carbonyl (C=O) groups excluding carboxylic acids is 1. The highest BCUT2D eigenvalue weighted by Crippen LogP contribution is 2.31. The Kier molecular flexibility index (Phi) is 6.54. The minimum Gasteiger partial charge on any atom is -0.493 e. The van der Waals surface area contributed by atoms with Gasteiger partial charge in [0.15, 0.2) is 17.3 Å². The van der Waals surface area contributed by atoms with Gasteiger partial charge in [0.05, 0.1) is 19.9 Å². The van der Waals surface area contributed by atoms with Gasteiger partial charge in [-0.3, -0.25) is 4.79 Å². The number of hydrogen-bond acceptors (Lipinski definition) is 6. The molecule has 1 saturated heterocycles. The van der Waals surface area contributed by atoms with Crippen molar-refractivity contribution in [3.8, 4) is 22.8 Å². The molecule has 7 heteroatoms. The maximum atomic E-state index is 12.8. The van der Waals surface area contributed by atoms with Crippen LogP contribution in [0.25, 0.3) is 11.3 Å². The molecule has 4 rings (SSSR count). The number of piperidine rings is 1. The van der Waals surface area contributed by atoms with E-state index in [2.05, 4.69) is 39.5 Å². The largest absolute Gasteiger partial charge is 0.493 e. The molecule has 0 aliphatic carbocycles. The Balaban J connectivity index is 1.35. The van der Waals surface area contributed by atoms with Gasteiger partial charge in [0.1, 0.15) is 0 Å². The van der Waals surface area contributed by atoms with Crippen LogP contribution in [0.4, 0.5) is 11.5 Å². The lowest BCUT2D eigenvalue weighted by Crippen LogP contribution is -2.38. The van der Waals surface area contributed by atoms with Crippen LogP contribution in [0.15, 0.2) is 54.6 Å². The number of hydrogen-bond donors (Lipinski definition) is 1. The second-order valence-corrected chi connectivity index (χ2v) is 7.91. The average molecular weight is 433 g/mol. The number of methoxy groups -OCH3 is 2. The third kappa shape index (κ3) is 4.66. The van der Waals surface area contributed by atoms with Crippen LogP contribution in [-0.2, 0) is 4.79 Å². The number of benzene rings is 2. The predicted octanol–water partition coefficient (Wildman–Crippen LogP) is 4.32. The van der Waals surface area contributed by atoms with Gasteiger partial charge in [-0.05, 0) is 49.6 Å². The van der Waals surface area contributed by atoms with Crippen LogP contribution >= 0.6 is 0 Å². The number of rotatable bonds is 6. The highest BCUT2D eigenvalue weighted by atomic mass is 16.5. The molecule has 0 saturated carbocycles. The summed E-state index contributed by atoms with van der Waals surface area (Å²) < 4.78 is 10.6. The van der Waals surface area contributed by atoms with Gasteiger partial charge in [-0.15, -0.1) is 10.2 Å². The van der Waals surface area contributed by atoms with Crippen molar-refractivity contribution in [2.24, 2.45) is 5.92 Å². The number of anilines is 2. The second-order valence-electron chi connectivity index (χ2n) is 7.91. The maximum Gasteiger partial charge on any atom is 0.227 e. The van der Waals surface area contributed by atoms with E-state index in [0.717, 1.165) is 43.0 Å². The Morgan fingerprint density at radius 2 is 1.72 bits per heavy atom. The van der Waals surface area contributed by atoms with Crippen LogP contribution in [0.5, 0.6) is 11.5 Å². The number of amides is 1. The standard InChI is InChI=1S/C25H28N4O3/c1-17-6-4-5-7-20(17)21-9-11-24(28-27-21)29-14-12-18(13-15-29)25(30)26-19-8-10-22(31-2)23(16-19)32-3/h4-11,16,18H,12-15H2,1-3H3,(H,26,30). The quantitative estimate of drug-likeness (QED) is 0.625. The minimum atomic E-state index is -0.0430. The average Bonchev–Trinajstić information content (AvgIpc) is 2.84. The molecular weight excluding hydrogens is 404 g/mol. The molecule has 2 aromatic carbocycles. The van der Waals surface area contributed by atoms with E-state index in [1.54, 1.807) is 26.4 Å². The van der Waals surface area contributed by atoms with Crippen LogP contribution in [0, 0.1) is 12.8 Å². The molecule has 0 spiro atoms. The van der Waals surface area contributed by atoms with Crippen molar-refractivity contribution in [2.45, 2.75) is 19.8 Å². The summed E-state index contributed by atoms with van der Waals surface area (Å²) in [7, 11) is 3.17. The number of aromatic nitrogens is 2. The van der Waals surface area contributed by atoms with Crippen LogP contribution < -0.4 is 19.7 Å². The second kappa shape index (κ2) is 9.68. The van der Waals surface area contributed by atoms with E-state index in [1.165, 1.54) is 5.56 Å². The molecule has 1 N–H and O–H groups in total. The third-order valence-corrected chi connectivity index (χ3v) is 5.91. The molecule has 1 aliphatic heterocycles. The Morgan fingerprint density at radius 3 is 2.38 bits per heavy atom. The molecule has 0 atom stereocenters. The monoisotopic (exact) mass is 432 g/mol. The van der Waals surface area contributed by atoms with Crippen molar-refractivity contribution in [1.82, 2.24) is 10.2 Å². The van der Waals surface area contributed by atoms with Gasteiger partial charge in [0, 0.05) is 36.3 Å². The summed E-state index contributed by atoms with van der Waals surface area (Å²) in [5.41, 5.74) is 3.84. The zero-order chi connectivity index (χ0) is 22.5. The normalized spacial score (nSPS) is 14.2. The van der Waals surface area contributed by atoms with Gasteiger partial charge in [-0.25, -0.2) is 0 Å². The van der Waals surface area contributed by atoms with Gasteiger partial charge < -0.3 is 19.7 Å². The summed E-state index contributed by atoms with van der Waals surface area (Å²) in [6.45, 7) is 3.60. The lowest BCUT2D eigenvalue weighted by atomic mass is 9.95. The Morgan fingerprint density at radius 1 is 0.969 bits per heavy atom. The Hall–Kier alpha value is -3.61. The van der Waals surface area contributed by atoms with E-state index in [1.807, 2.05) is 30.3 Å². The third-order valence-electron chi connectivity index (χ3n) is 5.91. The van der Waals surface area contributed by atoms with Crippen molar-refractivity contribution in [2.75, 3.05) is 37.5 Å². The van der Waals surface area contributed by atoms with Crippen LogP contribution in [0.1, 0.15) is 18.4 Å². The highest BCUT2D eigenvalue weighted by molar-refractivity contribution is 5.93. The molecular formula is C25H28N4O3. The molecule has 166 valence electrons. The van der Waals surface area contributed by atoms with Crippen LogP contribution in [0.3, 0.4) is 0 Å². The maximum absolute atomic E-state index is 12.8. The summed E-state index contributed by atoms with van der Waals surface area (Å²) in [5, 5.41) is 11.9. The molecule has 0 radical (unpaired) electrons. The van der Waals surface area contributed by atoms with Crippen molar-refractivity contribution in [1.29, 1.82) is 0 Å². The van der Waals surface area contributed by atoms with E-state index in [4.69, 9.17) is 9.47 Å². The van der Waals surface area contributed by atoms with Crippen molar-refractivity contribution in [3.63, 3.8) is 0 Å². The molecule has 1 aromatic heterocycles. The van der Waals surface area contributed by atoms with E-state index >= 15 is 0 Å². The number of nitrogens with zero attached hydrogens (tertiary/aromatic N) is 3. The van der Waals surface area contributed by atoms with Gasteiger partial charge in [0.2, 0.25) is 5.91 Å². The molecule has 7 nitrogen and oxygen atoms in total. The lowest BCUT2D eigenvalue weighted by molar-refractivity contribution is -0.120. The molecule has 3 aromatic rings. The molecule has 0 unspecified atom stereocenters. The number of ether oxygens (including phenoxy) is 2. The van der Waals surface area contributed by atoms with Gasteiger partial charge in [-0.1, -0.05) is 24.3 Å². The van der Waals surface area contributed by atoms with Crippen LogP contribution in [0.2, 0.25) is 0 Å². The zero-order valence-corrected chi connectivity index (χ0v) is 18.7. The number of aryl methyl sites for hydroxylation is 1. The molecule has 0 bridgehead atoms. The lowest BCUT2D eigenvalue weighted by Gasteiger charge is -2.31. The Labute approximate surface area is 188 Å². The van der Waals surface area contributed by atoms with E-state index < -0.39 is 0 Å². The highest BCUT2D eigenvalue weighted by Gasteiger charge is 2.26. The summed E-state index contributed by atoms with van der Waals surface area (Å²) in [6.07, 6.45) is 1.53. The summed E-state index contributed by atoms with van der Waals surface area (Å²) >= 11 is 0. The summed E-state index contributed by atoms with van der Waals surface area (Å²) in [6, 6.07) is 17.6. The number of nitrogens with one attached hydrogen (secondary N) is 1. The molecule has 32 heavy (non-hydrogen) atoms. The van der Waals surface area contributed by atoms with Crippen molar-refractivity contribution >= 4 is 17.4 Å². The van der Waals surface area contributed by atoms with E-state index in [-0.39, 0.29) is 11.8 Å². The predicted molar refractivity (Wildman–Crippen MR) is 125 cm³/mol. The first-order chi connectivity index (χ1) is 15.6. The van der Waals surface area contributed by atoms with Gasteiger partial charge in [-0.2, -0.15) is 0 Å². The molecule has 1 aliphatic rings. The zero-order valence-electron chi connectivity index (χ0n) is 18.7. The van der Waals surface area contributed by atoms with Gasteiger partial charge in [0.25, 0.3) is 0 Å². The van der Waals surface area contributed by atoms with Gasteiger partial charge >= 0.3 is 0 Å². The first kappa shape index (κ1) is 21.6. The number of carbonyl (C=O) groups is 1. The van der Waals surface area contributed by atoms with E-state index in [9.17, 15) is 4.79 Å². The summed E-state index contributed by atoms with van der Waals surface area (Å²) in [5.74, 6) is 2.05. The SMILES string of the molecule is COc1ccc(NC(=O)C2CCN(c3ccc(-c4ccccc4C)nn3)CC2)cc1OC. The fourth-order valence-corrected chi connectivity index (χ4v) is 4.03. The molecule has 2 heterocycles.